The summed E-state index contributed by atoms with van der Waals surface area (Å²) in [6.07, 6.45) is 7.84. The third-order valence-corrected chi connectivity index (χ3v) is 3.38. The summed E-state index contributed by atoms with van der Waals surface area (Å²) in [5, 5.41) is 4.02. The zero-order valence-electron chi connectivity index (χ0n) is 9.80. The summed E-state index contributed by atoms with van der Waals surface area (Å²) in [5.41, 5.74) is 1.29. The number of likely N-dealkylation sites (tertiary alicyclic amines) is 1. The van der Waals surface area contributed by atoms with Crippen molar-refractivity contribution in [3.8, 4) is 0 Å². The summed E-state index contributed by atoms with van der Waals surface area (Å²) in [6, 6.07) is 4.53. The summed E-state index contributed by atoms with van der Waals surface area (Å²) in [4.78, 5) is 6.31. The van der Waals surface area contributed by atoms with Gasteiger partial charge in [0, 0.05) is 25.5 Å². The molecule has 2 heterocycles. The number of rotatable bonds is 3. The summed E-state index contributed by atoms with van der Waals surface area (Å²) in [7, 11) is 0. The van der Waals surface area contributed by atoms with Gasteiger partial charge in [-0.2, -0.15) is 0 Å². The van der Waals surface area contributed by atoms with Crippen molar-refractivity contribution in [2.75, 3.05) is 13.1 Å². The average molecular weight is 247 g/mol. The molecule has 1 N–H and O–H groups in total. The molecule has 0 unspecified atom stereocenters. The second-order valence-electron chi connectivity index (χ2n) is 4.11. The van der Waals surface area contributed by atoms with E-state index < -0.39 is 0 Å². The van der Waals surface area contributed by atoms with Gasteiger partial charge in [-0.25, -0.2) is 0 Å². The molecule has 1 aromatic rings. The topological polar surface area (TPSA) is 28.2 Å². The van der Waals surface area contributed by atoms with Crippen LogP contribution in [0.15, 0.2) is 37.2 Å². The molecule has 3 nitrogen and oxygen atoms in total. The van der Waals surface area contributed by atoms with Gasteiger partial charge in [0.15, 0.2) is 5.11 Å². The van der Waals surface area contributed by atoms with Crippen molar-refractivity contribution >= 4 is 17.3 Å². The molecule has 0 bridgehead atoms. The number of hydrogen-bond donors (Lipinski definition) is 1. The number of pyridine rings is 1. The van der Waals surface area contributed by atoms with Gasteiger partial charge in [-0.05, 0) is 42.8 Å². The maximum Gasteiger partial charge on any atom is 0.169 e. The Morgan fingerprint density at radius 1 is 1.59 bits per heavy atom. The predicted molar refractivity (Wildman–Crippen MR) is 73.7 cm³/mol. The molecule has 90 valence electrons. The summed E-state index contributed by atoms with van der Waals surface area (Å²) in [6.45, 7) is 5.43. The van der Waals surface area contributed by atoms with Gasteiger partial charge in [0.05, 0.1) is 6.04 Å². The highest BCUT2D eigenvalue weighted by Crippen LogP contribution is 2.31. The molecule has 0 aliphatic carbocycles. The minimum absolute atomic E-state index is 0.391. The van der Waals surface area contributed by atoms with E-state index in [0.29, 0.717) is 6.04 Å². The van der Waals surface area contributed by atoms with Gasteiger partial charge in [-0.1, -0.05) is 6.08 Å². The zero-order chi connectivity index (χ0) is 12.1. The van der Waals surface area contributed by atoms with Crippen LogP contribution in [0, 0.1) is 0 Å². The lowest BCUT2D eigenvalue weighted by Crippen LogP contribution is -2.39. The lowest BCUT2D eigenvalue weighted by molar-refractivity contribution is 0.395. The lowest BCUT2D eigenvalue weighted by atomic mass is 10.1. The molecule has 1 aromatic heterocycles. The SMILES string of the molecule is C=CCNC(=S)N1CCC[C@H]1c1ccncc1. The van der Waals surface area contributed by atoms with Crippen molar-refractivity contribution in [3.63, 3.8) is 0 Å². The summed E-state index contributed by atoms with van der Waals surface area (Å²) >= 11 is 5.41. The molecule has 1 aliphatic heterocycles. The summed E-state index contributed by atoms with van der Waals surface area (Å²) in [5.74, 6) is 0. The van der Waals surface area contributed by atoms with Crippen molar-refractivity contribution in [2.45, 2.75) is 18.9 Å². The highest BCUT2D eigenvalue weighted by molar-refractivity contribution is 7.80. The molecule has 0 radical (unpaired) electrons. The Labute approximate surface area is 108 Å². The largest absolute Gasteiger partial charge is 0.359 e. The lowest BCUT2D eigenvalue weighted by Gasteiger charge is -2.27. The van der Waals surface area contributed by atoms with E-state index >= 15 is 0 Å². The highest BCUT2D eigenvalue weighted by Gasteiger charge is 2.27. The van der Waals surface area contributed by atoms with E-state index in [0.717, 1.165) is 24.6 Å². The van der Waals surface area contributed by atoms with Gasteiger partial charge in [0.1, 0.15) is 0 Å². The fourth-order valence-corrected chi connectivity index (χ4v) is 2.50. The van der Waals surface area contributed by atoms with Crippen molar-refractivity contribution in [1.29, 1.82) is 0 Å². The maximum absolute atomic E-state index is 5.41. The van der Waals surface area contributed by atoms with Crippen molar-refractivity contribution < 1.29 is 0 Å². The van der Waals surface area contributed by atoms with Crippen LogP contribution in [0.1, 0.15) is 24.4 Å². The van der Waals surface area contributed by atoms with Crippen molar-refractivity contribution in [3.05, 3.63) is 42.7 Å². The number of thiocarbonyl (C=S) groups is 1. The van der Waals surface area contributed by atoms with Crippen molar-refractivity contribution in [2.24, 2.45) is 0 Å². The van der Waals surface area contributed by atoms with Crippen molar-refractivity contribution in [1.82, 2.24) is 15.2 Å². The van der Waals surface area contributed by atoms with Crippen LogP contribution >= 0.6 is 12.2 Å². The second-order valence-corrected chi connectivity index (χ2v) is 4.49. The van der Waals surface area contributed by atoms with Gasteiger partial charge in [-0.15, -0.1) is 6.58 Å². The van der Waals surface area contributed by atoms with E-state index in [9.17, 15) is 0 Å². The number of nitrogens with zero attached hydrogens (tertiary/aromatic N) is 2. The van der Waals surface area contributed by atoms with Gasteiger partial charge < -0.3 is 10.2 Å². The monoisotopic (exact) mass is 247 g/mol. The standard InChI is InChI=1S/C13H17N3S/c1-2-7-15-13(17)16-10-3-4-12(16)11-5-8-14-9-6-11/h2,5-6,8-9,12H,1,3-4,7,10H2,(H,15,17)/t12-/m0/s1. The minimum Gasteiger partial charge on any atom is -0.359 e. The van der Waals surface area contributed by atoms with Crippen LogP contribution in [0.25, 0.3) is 0 Å². The molecule has 2 rings (SSSR count). The number of nitrogens with one attached hydrogen (secondary N) is 1. The molecule has 0 saturated carbocycles. The number of hydrogen-bond acceptors (Lipinski definition) is 2. The van der Waals surface area contributed by atoms with Crippen LogP contribution in [0.2, 0.25) is 0 Å². The predicted octanol–water partition coefficient (Wildman–Crippen LogP) is 2.28. The van der Waals surface area contributed by atoms with E-state index in [2.05, 4.69) is 33.9 Å². The Hall–Kier alpha value is -1.42. The van der Waals surface area contributed by atoms with E-state index in [1.165, 1.54) is 12.0 Å². The third-order valence-electron chi connectivity index (χ3n) is 3.00. The molecule has 1 saturated heterocycles. The first kappa shape index (κ1) is 12.0. The van der Waals surface area contributed by atoms with Crippen LogP contribution in [0.4, 0.5) is 0 Å². The van der Waals surface area contributed by atoms with E-state index in [-0.39, 0.29) is 0 Å². The van der Waals surface area contributed by atoms with Gasteiger partial charge in [0.25, 0.3) is 0 Å². The summed E-state index contributed by atoms with van der Waals surface area (Å²) < 4.78 is 0. The quantitative estimate of drug-likeness (QED) is 0.655. The molecule has 1 aliphatic rings. The first-order chi connectivity index (χ1) is 8.33. The number of aromatic nitrogens is 1. The van der Waals surface area contributed by atoms with Crippen LogP contribution < -0.4 is 5.32 Å². The molecule has 4 heteroatoms. The minimum atomic E-state index is 0.391. The Balaban J connectivity index is 2.07. The molecule has 17 heavy (non-hydrogen) atoms. The molecular weight excluding hydrogens is 230 g/mol. The van der Waals surface area contributed by atoms with Crippen LogP contribution in [0.3, 0.4) is 0 Å². The van der Waals surface area contributed by atoms with Crippen LogP contribution in [-0.2, 0) is 0 Å². The Bertz CT molecular complexity index is 391. The Kier molecular flexibility index (Phi) is 4.09. The normalized spacial score (nSPS) is 19.1. The van der Waals surface area contributed by atoms with Gasteiger partial charge in [0.2, 0.25) is 0 Å². The first-order valence-corrected chi connectivity index (χ1v) is 6.29. The van der Waals surface area contributed by atoms with E-state index in [1.54, 1.807) is 0 Å². The Morgan fingerprint density at radius 2 is 2.35 bits per heavy atom. The average Bonchev–Trinajstić information content (AvgIpc) is 2.86. The first-order valence-electron chi connectivity index (χ1n) is 5.88. The molecular formula is C13H17N3S. The molecule has 0 spiro atoms. The molecule has 1 atom stereocenters. The second kappa shape index (κ2) is 5.77. The van der Waals surface area contributed by atoms with E-state index in [4.69, 9.17) is 12.2 Å². The van der Waals surface area contributed by atoms with Crippen LogP contribution in [0.5, 0.6) is 0 Å². The molecule has 0 aromatic carbocycles. The Morgan fingerprint density at radius 3 is 3.06 bits per heavy atom. The van der Waals surface area contributed by atoms with E-state index in [1.807, 2.05) is 18.5 Å². The van der Waals surface area contributed by atoms with Gasteiger partial charge in [-0.3, -0.25) is 4.98 Å². The fraction of sp³-hybridized carbons (Fsp3) is 0.385. The van der Waals surface area contributed by atoms with Gasteiger partial charge >= 0.3 is 0 Å². The molecule has 1 fully saturated rings. The maximum atomic E-state index is 5.41. The third kappa shape index (κ3) is 2.82. The fourth-order valence-electron chi connectivity index (χ4n) is 2.20. The smallest absolute Gasteiger partial charge is 0.169 e. The molecule has 0 amide bonds. The highest BCUT2D eigenvalue weighted by atomic mass is 32.1. The van der Waals surface area contributed by atoms with Crippen LogP contribution in [-0.4, -0.2) is 28.1 Å². The zero-order valence-corrected chi connectivity index (χ0v) is 10.6.